The van der Waals surface area contributed by atoms with Gasteiger partial charge in [0.1, 0.15) is 11.6 Å². The number of halogens is 1. The fraction of sp³-hybridized carbons (Fsp3) is 0.208. The molecule has 0 saturated heterocycles. The van der Waals surface area contributed by atoms with Crippen LogP contribution in [0.1, 0.15) is 39.9 Å². The highest BCUT2D eigenvalue weighted by atomic mass is 19.1. The number of hydrogen-bond acceptors (Lipinski definition) is 5. The lowest BCUT2D eigenvalue weighted by Gasteiger charge is -2.25. The van der Waals surface area contributed by atoms with Crippen LogP contribution in [0.25, 0.3) is 0 Å². The zero-order chi connectivity index (χ0) is 22.5. The first-order valence-corrected chi connectivity index (χ1v) is 10.3. The van der Waals surface area contributed by atoms with Crippen molar-refractivity contribution in [1.29, 1.82) is 0 Å². The Kier molecular flexibility index (Phi) is 6.42. The molecule has 2 unspecified atom stereocenters. The molecule has 1 aromatic heterocycles. The van der Waals surface area contributed by atoms with E-state index >= 15 is 0 Å². The second kappa shape index (κ2) is 9.57. The van der Waals surface area contributed by atoms with E-state index in [9.17, 15) is 14.0 Å². The van der Waals surface area contributed by atoms with E-state index in [0.29, 0.717) is 35.6 Å². The standard InChI is InChI=1S/C24H23FN4O3/c25-17-5-6-22-20(13-17)19(9-12-32-22)24(31)28-14-21(26)15-1-3-16(4-2-15)23(30)29-18-7-10-27-11-8-18/h1-8,10-11,13,19,21H,9,12,14,26H2,(H,28,31)(H,27,29,30). The molecule has 8 heteroatoms. The molecule has 2 amide bonds. The fourth-order valence-electron chi connectivity index (χ4n) is 3.61. The van der Waals surface area contributed by atoms with E-state index in [0.717, 1.165) is 5.56 Å². The van der Waals surface area contributed by atoms with Gasteiger partial charge >= 0.3 is 0 Å². The molecule has 0 bridgehead atoms. The van der Waals surface area contributed by atoms with Crippen LogP contribution < -0.4 is 21.1 Å². The molecule has 1 aliphatic rings. The summed E-state index contributed by atoms with van der Waals surface area (Å²) < 4.78 is 19.2. The number of nitrogens with two attached hydrogens (primary N) is 1. The fourth-order valence-corrected chi connectivity index (χ4v) is 3.61. The van der Waals surface area contributed by atoms with Crippen molar-refractivity contribution in [1.82, 2.24) is 10.3 Å². The highest BCUT2D eigenvalue weighted by molar-refractivity contribution is 6.04. The lowest BCUT2D eigenvalue weighted by molar-refractivity contribution is -0.123. The summed E-state index contributed by atoms with van der Waals surface area (Å²) in [5.41, 5.74) is 8.71. The first-order chi connectivity index (χ1) is 15.5. The highest BCUT2D eigenvalue weighted by Gasteiger charge is 2.28. The van der Waals surface area contributed by atoms with Gasteiger partial charge in [-0.2, -0.15) is 0 Å². The second-order valence-corrected chi connectivity index (χ2v) is 7.54. The molecular formula is C24H23FN4O3. The number of rotatable bonds is 6. The molecule has 1 aliphatic heterocycles. The summed E-state index contributed by atoms with van der Waals surface area (Å²) in [6, 6.07) is 14.0. The van der Waals surface area contributed by atoms with Crippen molar-refractivity contribution in [3.63, 3.8) is 0 Å². The molecule has 2 atom stereocenters. The van der Waals surface area contributed by atoms with Crippen molar-refractivity contribution in [2.45, 2.75) is 18.4 Å². The molecule has 7 nitrogen and oxygen atoms in total. The van der Waals surface area contributed by atoms with Gasteiger partial charge in [-0.3, -0.25) is 14.6 Å². The summed E-state index contributed by atoms with van der Waals surface area (Å²) in [6.45, 7) is 0.606. The number of nitrogens with one attached hydrogen (secondary N) is 2. The zero-order valence-electron chi connectivity index (χ0n) is 17.3. The molecule has 2 heterocycles. The molecular weight excluding hydrogens is 411 g/mol. The molecule has 164 valence electrons. The molecule has 3 aromatic rings. The Morgan fingerprint density at radius 3 is 2.62 bits per heavy atom. The highest BCUT2D eigenvalue weighted by Crippen LogP contribution is 2.34. The maximum atomic E-state index is 13.6. The minimum absolute atomic E-state index is 0.212. The normalized spacial score (nSPS) is 15.8. The van der Waals surface area contributed by atoms with Crippen LogP contribution in [0.15, 0.2) is 67.0 Å². The predicted molar refractivity (Wildman–Crippen MR) is 118 cm³/mol. The largest absolute Gasteiger partial charge is 0.493 e. The number of pyridine rings is 1. The monoisotopic (exact) mass is 434 g/mol. The van der Waals surface area contributed by atoms with Gasteiger partial charge in [-0.25, -0.2) is 4.39 Å². The van der Waals surface area contributed by atoms with Gasteiger partial charge in [0.15, 0.2) is 0 Å². The third kappa shape index (κ3) is 4.92. The first kappa shape index (κ1) is 21.5. The molecule has 0 fully saturated rings. The summed E-state index contributed by atoms with van der Waals surface area (Å²) in [6.07, 6.45) is 3.67. The predicted octanol–water partition coefficient (Wildman–Crippen LogP) is 3.16. The quantitative estimate of drug-likeness (QED) is 0.553. The molecule has 0 saturated carbocycles. The summed E-state index contributed by atoms with van der Waals surface area (Å²) >= 11 is 0. The third-order valence-electron chi connectivity index (χ3n) is 5.36. The number of fused-ring (bicyclic) bond motifs is 1. The molecule has 0 spiro atoms. The maximum Gasteiger partial charge on any atom is 0.255 e. The number of ether oxygens (including phenoxy) is 1. The molecule has 0 aliphatic carbocycles. The van der Waals surface area contributed by atoms with Gasteiger partial charge in [-0.1, -0.05) is 12.1 Å². The number of benzene rings is 2. The van der Waals surface area contributed by atoms with Crippen molar-refractivity contribution in [2.24, 2.45) is 5.73 Å². The first-order valence-electron chi connectivity index (χ1n) is 10.3. The van der Waals surface area contributed by atoms with E-state index in [1.54, 1.807) is 54.9 Å². The van der Waals surface area contributed by atoms with Crippen molar-refractivity contribution in [3.8, 4) is 5.75 Å². The van der Waals surface area contributed by atoms with Crippen LogP contribution in [0.4, 0.5) is 10.1 Å². The second-order valence-electron chi connectivity index (χ2n) is 7.54. The Hall–Kier alpha value is -3.78. The van der Waals surface area contributed by atoms with Crippen LogP contribution in [0.2, 0.25) is 0 Å². The Bertz CT molecular complexity index is 1110. The van der Waals surface area contributed by atoms with E-state index in [1.165, 1.54) is 12.1 Å². The number of nitrogens with zero attached hydrogens (tertiary/aromatic N) is 1. The van der Waals surface area contributed by atoms with Crippen LogP contribution in [0.5, 0.6) is 5.75 Å². The number of anilines is 1. The van der Waals surface area contributed by atoms with Gasteiger partial charge in [0.05, 0.1) is 12.5 Å². The van der Waals surface area contributed by atoms with Crippen LogP contribution in [0, 0.1) is 5.82 Å². The lowest BCUT2D eigenvalue weighted by Crippen LogP contribution is -2.36. The summed E-state index contributed by atoms with van der Waals surface area (Å²) in [7, 11) is 0. The smallest absolute Gasteiger partial charge is 0.255 e. The van der Waals surface area contributed by atoms with E-state index < -0.39 is 17.8 Å². The van der Waals surface area contributed by atoms with Crippen LogP contribution >= 0.6 is 0 Å². The van der Waals surface area contributed by atoms with Gasteiger partial charge in [0.25, 0.3) is 5.91 Å². The number of carbonyl (C=O) groups excluding carboxylic acids is 2. The van der Waals surface area contributed by atoms with Gasteiger partial charge < -0.3 is 21.1 Å². The molecule has 4 N–H and O–H groups in total. The van der Waals surface area contributed by atoms with E-state index in [1.807, 2.05) is 0 Å². The number of carbonyl (C=O) groups is 2. The summed E-state index contributed by atoms with van der Waals surface area (Å²) in [5, 5.41) is 5.65. The van der Waals surface area contributed by atoms with E-state index in [-0.39, 0.29) is 18.4 Å². The summed E-state index contributed by atoms with van der Waals surface area (Å²) in [5.74, 6) is -0.820. The van der Waals surface area contributed by atoms with Gasteiger partial charge in [-0.05, 0) is 54.4 Å². The van der Waals surface area contributed by atoms with Crippen LogP contribution in [0.3, 0.4) is 0 Å². The van der Waals surface area contributed by atoms with Crippen LogP contribution in [-0.2, 0) is 4.79 Å². The Balaban J connectivity index is 1.34. The van der Waals surface area contributed by atoms with E-state index in [4.69, 9.17) is 10.5 Å². The average molecular weight is 434 g/mol. The Labute approximate surface area is 184 Å². The van der Waals surface area contributed by atoms with Crippen molar-refractivity contribution < 1.29 is 18.7 Å². The molecule has 4 rings (SSSR count). The van der Waals surface area contributed by atoms with Crippen LogP contribution in [-0.4, -0.2) is 29.9 Å². The molecule has 2 aromatic carbocycles. The van der Waals surface area contributed by atoms with Gasteiger partial charge in [0.2, 0.25) is 5.91 Å². The molecule has 0 radical (unpaired) electrons. The Morgan fingerprint density at radius 2 is 1.88 bits per heavy atom. The number of aromatic nitrogens is 1. The minimum atomic E-state index is -0.485. The lowest BCUT2D eigenvalue weighted by atomic mass is 9.92. The minimum Gasteiger partial charge on any atom is -0.493 e. The topological polar surface area (TPSA) is 106 Å². The number of hydrogen-bond donors (Lipinski definition) is 3. The number of amides is 2. The Morgan fingerprint density at radius 1 is 1.12 bits per heavy atom. The zero-order valence-corrected chi connectivity index (χ0v) is 17.3. The average Bonchev–Trinajstić information content (AvgIpc) is 2.82. The maximum absolute atomic E-state index is 13.6. The van der Waals surface area contributed by atoms with Gasteiger partial charge in [0, 0.05) is 41.8 Å². The van der Waals surface area contributed by atoms with Crippen molar-refractivity contribution in [3.05, 3.63) is 89.5 Å². The molecule has 32 heavy (non-hydrogen) atoms. The van der Waals surface area contributed by atoms with Crippen molar-refractivity contribution >= 4 is 17.5 Å². The third-order valence-corrected chi connectivity index (χ3v) is 5.36. The SMILES string of the molecule is NC(CNC(=O)C1CCOc2ccc(F)cc21)c1ccc(C(=O)Nc2ccncc2)cc1. The van der Waals surface area contributed by atoms with Gasteiger partial charge in [-0.15, -0.1) is 0 Å². The summed E-state index contributed by atoms with van der Waals surface area (Å²) in [4.78, 5) is 29.0. The van der Waals surface area contributed by atoms with E-state index in [2.05, 4.69) is 15.6 Å². The van der Waals surface area contributed by atoms with Crippen molar-refractivity contribution in [2.75, 3.05) is 18.5 Å².